The second-order valence-electron chi connectivity index (χ2n) is 4.72. The number of nitrogens with zero attached hydrogens (tertiary/aromatic N) is 1. The molecular weight excluding hydrogens is 256 g/mol. The first-order valence-corrected chi connectivity index (χ1v) is 6.26. The van der Waals surface area contributed by atoms with Crippen molar-refractivity contribution in [1.29, 1.82) is 0 Å². The van der Waals surface area contributed by atoms with Gasteiger partial charge in [-0.25, -0.2) is 0 Å². The number of hydrogen-bond donors (Lipinski definition) is 1. The molecule has 1 atom stereocenters. The molecule has 0 radical (unpaired) electrons. The highest BCUT2D eigenvalue weighted by molar-refractivity contribution is 5.82. The number of carbonyl (C=O) groups excluding carboxylic acids is 1. The second kappa shape index (κ2) is 4.77. The third kappa shape index (κ3) is 2.14. The van der Waals surface area contributed by atoms with Crippen molar-refractivity contribution in [1.82, 2.24) is 5.32 Å². The van der Waals surface area contributed by atoms with Crippen LogP contribution in [0.3, 0.4) is 0 Å². The normalized spacial score (nSPS) is 17.2. The van der Waals surface area contributed by atoms with Crippen LogP contribution in [0.15, 0.2) is 48.5 Å². The quantitative estimate of drug-likeness (QED) is 0.671. The molecule has 1 N–H and O–H groups in total. The van der Waals surface area contributed by atoms with Gasteiger partial charge >= 0.3 is 0 Å². The molecule has 0 spiro atoms. The van der Waals surface area contributed by atoms with Crippen LogP contribution >= 0.6 is 0 Å². The minimum absolute atomic E-state index is 0.0351. The Balaban J connectivity index is 2.01. The molecule has 1 aliphatic rings. The van der Waals surface area contributed by atoms with Gasteiger partial charge < -0.3 is 5.32 Å². The van der Waals surface area contributed by atoms with Gasteiger partial charge in [-0.15, -0.1) is 0 Å². The maximum Gasteiger partial charge on any atom is 0.269 e. The molecule has 20 heavy (non-hydrogen) atoms. The first-order valence-electron chi connectivity index (χ1n) is 6.26. The standard InChI is InChI=1S/C15H12N2O3/c18-14-9-11-3-1-2-4-13(11)15(16-14)10-5-7-12(8-6-10)17(19)20/h1-8,15H,9H2,(H,16,18). The molecule has 0 fully saturated rings. The first kappa shape index (κ1) is 12.3. The van der Waals surface area contributed by atoms with Crippen LogP contribution in [0.5, 0.6) is 0 Å². The molecule has 0 aromatic heterocycles. The van der Waals surface area contributed by atoms with E-state index in [9.17, 15) is 14.9 Å². The molecule has 2 aromatic carbocycles. The minimum Gasteiger partial charge on any atom is -0.345 e. The summed E-state index contributed by atoms with van der Waals surface area (Å²) in [6.45, 7) is 0. The molecule has 2 aromatic rings. The molecule has 1 heterocycles. The summed E-state index contributed by atoms with van der Waals surface area (Å²) in [5.74, 6) is -0.0351. The lowest BCUT2D eigenvalue weighted by Crippen LogP contribution is -2.35. The maximum atomic E-state index is 11.8. The second-order valence-corrected chi connectivity index (χ2v) is 4.72. The van der Waals surface area contributed by atoms with Gasteiger partial charge in [0.1, 0.15) is 0 Å². The van der Waals surface area contributed by atoms with Crippen LogP contribution < -0.4 is 5.32 Å². The Hall–Kier alpha value is -2.69. The van der Waals surface area contributed by atoms with Gasteiger partial charge in [-0.1, -0.05) is 24.3 Å². The van der Waals surface area contributed by atoms with Gasteiger partial charge in [0.2, 0.25) is 5.91 Å². The molecule has 3 rings (SSSR count). The minimum atomic E-state index is -0.433. The smallest absolute Gasteiger partial charge is 0.269 e. The van der Waals surface area contributed by atoms with E-state index >= 15 is 0 Å². The lowest BCUT2D eigenvalue weighted by Gasteiger charge is -2.26. The van der Waals surface area contributed by atoms with Crippen molar-refractivity contribution in [2.45, 2.75) is 12.5 Å². The molecule has 100 valence electrons. The molecular formula is C15H12N2O3. The van der Waals surface area contributed by atoms with Crippen molar-refractivity contribution in [3.63, 3.8) is 0 Å². The predicted octanol–water partition coefficient (Wildman–Crippen LogP) is 2.36. The van der Waals surface area contributed by atoms with E-state index in [1.165, 1.54) is 12.1 Å². The summed E-state index contributed by atoms with van der Waals surface area (Å²) in [6, 6.07) is 13.8. The summed E-state index contributed by atoms with van der Waals surface area (Å²) < 4.78 is 0. The number of fused-ring (bicyclic) bond motifs is 1. The molecule has 0 bridgehead atoms. The average molecular weight is 268 g/mol. The number of rotatable bonds is 2. The highest BCUT2D eigenvalue weighted by atomic mass is 16.6. The van der Waals surface area contributed by atoms with Gasteiger partial charge in [0.15, 0.2) is 0 Å². The molecule has 5 heteroatoms. The largest absolute Gasteiger partial charge is 0.345 e. The summed E-state index contributed by atoms with van der Waals surface area (Å²) in [7, 11) is 0. The van der Waals surface area contributed by atoms with Gasteiger partial charge in [0.25, 0.3) is 5.69 Å². The van der Waals surface area contributed by atoms with Crippen LogP contribution in [0.4, 0.5) is 5.69 Å². The van der Waals surface area contributed by atoms with Gasteiger partial charge in [0, 0.05) is 12.1 Å². The van der Waals surface area contributed by atoms with E-state index in [2.05, 4.69) is 5.32 Å². The molecule has 1 unspecified atom stereocenters. The topological polar surface area (TPSA) is 72.2 Å². The van der Waals surface area contributed by atoms with Crippen LogP contribution in [-0.4, -0.2) is 10.8 Å². The van der Waals surface area contributed by atoms with E-state index in [-0.39, 0.29) is 17.6 Å². The number of benzene rings is 2. The zero-order valence-electron chi connectivity index (χ0n) is 10.6. The van der Waals surface area contributed by atoms with Gasteiger partial charge in [-0.3, -0.25) is 14.9 Å². The number of nitro benzene ring substituents is 1. The number of nitro groups is 1. The first-order chi connectivity index (χ1) is 9.65. The monoisotopic (exact) mass is 268 g/mol. The third-order valence-corrected chi connectivity index (χ3v) is 3.46. The average Bonchev–Trinajstić information content (AvgIpc) is 2.46. The SMILES string of the molecule is O=C1Cc2ccccc2C(c2ccc([N+](=O)[O-])cc2)N1. The zero-order chi connectivity index (χ0) is 14.1. The molecule has 0 saturated heterocycles. The molecule has 0 aliphatic carbocycles. The zero-order valence-corrected chi connectivity index (χ0v) is 10.6. The highest BCUT2D eigenvalue weighted by Crippen LogP contribution is 2.29. The van der Waals surface area contributed by atoms with Crippen molar-refractivity contribution < 1.29 is 9.72 Å². The molecule has 1 aliphatic heterocycles. The van der Waals surface area contributed by atoms with E-state index in [0.717, 1.165) is 16.7 Å². The Kier molecular flexibility index (Phi) is 2.95. The Morgan fingerprint density at radius 3 is 2.50 bits per heavy atom. The number of amides is 1. The van der Waals surface area contributed by atoms with Crippen molar-refractivity contribution in [2.75, 3.05) is 0 Å². The molecule has 1 amide bonds. The van der Waals surface area contributed by atoms with E-state index in [0.29, 0.717) is 6.42 Å². The van der Waals surface area contributed by atoms with Gasteiger partial charge in [-0.05, 0) is 28.8 Å². The summed E-state index contributed by atoms with van der Waals surface area (Å²) in [6.07, 6.45) is 0.375. The van der Waals surface area contributed by atoms with Crippen molar-refractivity contribution in [2.24, 2.45) is 0 Å². The Labute approximate surface area is 115 Å². The summed E-state index contributed by atoms with van der Waals surface area (Å²) in [4.78, 5) is 22.0. The van der Waals surface area contributed by atoms with Gasteiger partial charge in [0.05, 0.1) is 17.4 Å². The predicted molar refractivity (Wildman–Crippen MR) is 73.2 cm³/mol. The lowest BCUT2D eigenvalue weighted by molar-refractivity contribution is -0.384. The summed E-state index contributed by atoms with van der Waals surface area (Å²) >= 11 is 0. The summed E-state index contributed by atoms with van der Waals surface area (Å²) in [5, 5.41) is 13.6. The fourth-order valence-electron chi connectivity index (χ4n) is 2.49. The number of hydrogen-bond acceptors (Lipinski definition) is 3. The fraction of sp³-hybridized carbons (Fsp3) is 0.133. The molecule has 5 nitrogen and oxygen atoms in total. The highest BCUT2D eigenvalue weighted by Gasteiger charge is 2.25. The van der Waals surface area contributed by atoms with Crippen molar-refractivity contribution in [3.8, 4) is 0 Å². The molecule has 0 saturated carbocycles. The van der Waals surface area contributed by atoms with Gasteiger partial charge in [-0.2, -0.15) is 0 Å². The number of non-ortho nitro benzene ring substituents is 1. The van der Waals surface area contributed by atoms with Crippen LogP contribution in [0.2, 0.25) is 0 Å². The van der Waals surface area contributed by atoms with Crippen LogP contribution in [0.25, 0.3) is 0 Å². The Morgan fingerprint density at radius 2 is 1.80 bits per heavy atom. The maximum absolute atomic E-state index is 11.8. The van der Waals surface area contributed by atoms with Crippen molar-refractivity contribution in [3.05, 3.63) is 75.3 Å². The fourth-order valence-corrected chi connectivity index (χ4v) is 2.49. The van der Waals surface area contributed by atoms with E-state index in [1.807, 2.05) is 24.3 Å². The van der Waals surface area contributed by atoms with E-state index < -0.39 is 4.92 Å². The van der Waals surface area contributed by atoms with Crippen LogP contribution in [0, 0.1) is 10.1 Å². The third-order valence-electron chi connectivity index (χ3n) is 3.46. The van der Waals surface area contributed by atoms with E-state index in [4.69, 9.17) is 0 Å². The Morgan fingerprint density at radius 1 is 1.10 bits per heavy atom. The van der Waals surface area contributed by atoms with E-state index in [1.54, 1.807) is 12.1 Å². The number of nitrogens with one attached hydrogen (secondary N) is 1. The number of carbonyl (C=O) groups is 1. The lowest BCUT2D eigenvalue weighted by atomic mass is 9.89. The summed E-state index contributed by atoms with van der Waals surface area (Å²) in [5.41, 5.74) is 2.93. The van der Waals surface area contributed by atoms with Crippen molar-refractivity contribution >= 4 is 11.6 Å². The van der Waals surface area contributed by atoms with Crippen LogP contribution in [-0.2, 0) is 11.2 Å². The Bertz CT molecular complexity index is 680. The van der Waals surface area contributed by atoms with Crippen LogP contribution in [0.1, 0.15) is 22.7 Å².